The first-order chi connectivity index (χ1) is 12.1. The van der Waals surface area contributed by atoms with Crippen LogP contribution in [-0.4, -0.2) is 35.6 Å². The lowest BCUT2D eigenvalue weighted by molar-refractivity contribution is -0.389. The Kier molecular flexibility index (Phi) is 4.42. The molecule has 1 aromatic carbocycles. The van der Waals surface area contributed by atoms with Gasteiger partial charge in [-0.05, 0) is 17.1 Å². The quantitative estimate of drug-likeness (QED) is 0.506. The van der Waals surface area contributed by atoms with Gasteiger partial charge in [0.15, 0.2) is 11.5 Å². The third-order valence-corrected chi connectivity index (χ3v) is 3.91. The average molecular weight is 342 g/mol. The summed E-state index contributed by atoms with van der Waals surface area (Å²) in [6.45, 7) is 0.380. The molecule has 8 heteroatoms. The summed E-state index contributed by atoms with van der Waals surface area (Å²) < 4.78 is 12.2. The molecule has 0 fully saturated rings. The van der Waals surface area contributed by atoms with Crippen LogP contribution in [0.2, 0.25) is 0 Å². The van der Waals surface area contributed by atoms with Gasteiger partial charge in [0, 0.05) is 25.2 Å². The van der Waals surface area contributed by atoms with Crippen LogP contribution in [0, 0.1) is 10.1 Å². The van der Waals surface area contributed by atoms with Crippen molar-refractivity contribution >= 4 is 17.3 Å². The molecule has 25 heavy (non-hydrogen) atoms. The van der Waals surface area contributed by atoms with Crippen LogP contribution in [0.4, 0.5) is 11.6 Å². The first-order valence-electron chi connectivity index (χ1n) is 7.59. The Balaban J connectivity index is 2.03. The summed E-state index contributed by atoms with van der Waals surface area (Å²) in [7, 11) is 4.89. The second-order valence-electron chi connectivity index (χ2n) is 5.45. The van der Waals surface area contributed by atoms with E-state index < -0.39 is 4.92 Å². The number of aromatic nitrogens is 2. The lowest BCUT2D eigenvalue weighted by Gasteiger charge is -2.19. The molecule has 0 aliphatic heterocycles. The number of pyridine rings is 1. The van der Waals surface area contributed by atoms with Gasteiger partial charge >= 0.3 is 5.82 Å². The van der Waals surface area contributed by atoms with Crippen LogP contribution < -0.4 is 14.4 Å². The number of methoxy groups -OCH3 is 2. The molecule has 8 nitrogen and oxygen atoms in total. The molecule has 2 aromatic heterocycles. The third-order valence-electron chi connectivity index (χ3n) is 3.91. The number of anilines is 1. The highest BCUT2D eigenvalue weighted by Crippen LogP contribution is 2.34. The van der Waals surface area contributed by atoms with Crippen molar-refractivity contribution in [3.63, 3.8) is 0 Å². The molecular weight excluding hydrogens is 324 g/mol. The van der Waals surface area contributed by atoms with Gasteiger partial charge < -0.3 is 24.5 Å². The summed E-state index contributed by atoms with van der Waals surface area (Å²) in [4.78, 5) is 17.3. The molecule has 0 atom stereocenters. The molecule has 0 unspecified atom stereocenters. The van der Waals surface area contributed by atoms with Crippen molar-refractivity contribution in [3.05, 3.63) is 58.3 Å². The average Bonchev–Trinajstić information content (AvgIpc) is 3.01. The Morgan fingerprint density at radius 3 is 2.68 bits per heavy atom. The fourth-order valence-corrected chi connectivity index (χ4v) is 2.80. The number of benzene rings is 1. The molecule has 0 radical (unpaired) electrons. The van der Waals surface area contributed by atoms with Crippen LogP contribution in [0.1, 0.15) is 5.56 Å². The van der Waals surface area contributed by atoms with E-state index in [-0.39, 0.29) is 5.82 Å². The largest absolute Gasteiger partial charge is 0.493 e. The predicted molar refractivity (Wildman–Crippen MR) is 93.5 cm³/mol. The minimum absolute atomic E-state index is 0.0695. The molecular formula is C17H18N4O4. The van der Waals surface area contributed by atoms with Crippen LogP contribution in [-0.2, 0) is 6.54 Å². The number of nitrogens with zero attached hydrogens (tertiary/aromatic N) is 4. The van der Waals surface area contributed by atoms with Gasteiger partial charge in [-0.1, -0.05) is 18.2 Å². The lowest BCUT2D eigenvalue weighted by atomic mass is 10.1. The lowest BCUT2D eigenvalue weighted by Crippen LogP contribution is -2.18. The second kappa shape index (κ2) is 6.68. The Labute approximate surface area is 144 Å². The van der Waals surface area contributed by atoms with Gasteiger partial charge in [0.2, 0.25) is 11.5 Å². The third kappa shape index (κ3) is 2.93. The van der Waals surface area contributed by atoms with E-state index in [0.717, 1.165) is 5.56 Å². The van der Waals surface area contributed by atoms with Crippen LogP contribution in [0.5, 0.6) is 11.5 Å². The Bertz CT molecular complexity index is 922. The van der Waals surface area contributed by atoms with Gasteiger partial charge in [-0.3, -0.25) is 0 Å². The molecule has 0 amide bonds. The van der Waals surface area contributed by atoms with Crippen LogP contribution in [0.15, 0.2) is 42.6 Å². The molecule has 0 bridgehead atoms. The first kappa shape index (κ1) is 16.6. The standard InChI is InChI=1S/C17H18N4O4/c1-19(11-12-7-6-8-13(24-2)15(12)25-3)16-17(21(22)23)20-10-5-4-9-14(20)18-16/h4-10H,11H2,1-3H3. The summed E-state index contributed by atoms with van der Waals surface area (Å²) in [5, 5.41) is 11.6. The Hall–Kier alpha value is -3.29. The Morgan fingerprint density at radius 2 is 2.00 bits per heavy atom. The maximum absolute atomic E-state index is 11.6. The van der Waals surface area contributed by atoms with Crippen molar-refractivity contribution in [1.29, 1.82) is 0 Å². The summed E-state index contributed by atoms with van der Waals surface area (Å²) in [6, 6.07) is 10.8. The van der Waals surface area contributed by atoms with Gasteiger partial charge in [0.05, 0.1) is 20.4 Å². The molecule has 2 heterocycles. The maximum Gasteiger partial charge on any atom is 0.372 e. The summed E-state index contributed by atoms with van der Waals surface area (Å²) in [5.41, 5.74) is 1.37. The zero-order valence-corrected chi connectivity index (χ0v) is 14.2. The van der Waals surface area contributed by atoms with E-state index in [9.17, 15) is 10.1 Å². The fourth-order valence-electron chi connectivity index (χ4n) is 2.80. The number of fused-ring (bicyclic) bond motifs is 1. The van der Waals surface area contributed by atoms with Crippen molar-refractivity contribution in [2.75, 3.05) is 26.2 Å². The molecule has 0 saturated carbocycles. The van der Waals surface area contributed by atoms with Gasteiger partial charge in [0.25, 0.3) is 0 Å². The van der Waals surface area contributed by atoms with E-state index in [0.29, 0.717) is 29.5 Å². The highest BCUT2D eigenvalue weighted by molar-refractivity contribution is 5.63. The minimum Gasteiger partial charge on any atom is -0.493 e. The van der Waals surface area contributed by atoms with E-state index in [2.05, 4.69) is 4.98 Å². The highest BCUT2D eigenvalue weighted by Gasteiger charge is 2.26. The first-order valence-corrected chi connectivity index (χ1v) is 7.59. The molecule has 3 rings (SSSR count). The number of hydrogen-bond acceptors (Lipinski definition) is 6. The van der Waals surface area contributed by atoms with Crippen molar-refractivity contribution in [3.8, 4) is 11.5 Å². The zero-order chi connectivity index (χ0) is 18.0. The summed E-state index contributed by atoms with van der Waals surface area (Å²) >= 11 is 0. The fraction of sp³-hybridized carbons (Fsp3) is 0.235. The van der Waals surface area contributed by atoms with Crippen LogP contribution >= 0.6 is 0 Å². The minimum atomic E-state index is -0.422. The SMILES string of the molecule is COc1cccc(CN(C)c2nc3ccccn3c2[N+](=O)[O-])c1OC. The molecule has 130 valence electrons. The van der Waals surface area contributed by atoms with Crippen molar-refractivity contribution in [1.82, 2.24) is 9.38 Å². The van der Waals surface area contributed by atoms with Crippen molar-refractivity contribution < 1.29 is 14.4 Å². The number of ether oxygens (including phenoxy) is 2. The second-order valence-corrected chi connectivity index (χ2v) is 5.45. The van der Waals surface area contributed by atoms with E-state index >= 15 is 0 Å². The number of nitro groups is 1. The van der Waals surface area contributed by atoms with Crippen LogP contribution in [0.25, 0.3) is 5.65 Å². The topological polar surface area (TPSA) is 82.1 Å². The predicted octanol–water partition coefficient (Wildman–Crippen LogP) is 2.90. The number of imidazole rings is 1. The molecule has 0 aliphatic carbocycles. The van der Waals surface area contributed by atoms with Crippen molar-refractivity contribution in [2.45, 2.75) is 6.54 Å². The Morgan fingerprint density at radius 1 is 1.20 bits per heavy atom. The number of para-hydroxylation sites is 1. The smallest absolute Gasteiger partial charge is 0.372 e. The van der Waals surface area contributed by atoms with E-state index in [4.69, 9.17) is 9.47 Å². The maximum atomic E-state index is 11.6. The van der Waals surface area contributed by atoms with E-state index in [1.165, 1.54) is 4.40 Å². The van der Waals surface area contributed by atoms with Gasteiger partial charge in [-0.2, -0.15) is 9.38 Å². The van der Waals surface area contributed by atoms with Crippen LogP contribution in [0.3, 0.4) is 0 Å². The van der Waals surface area contributed by atoms with E-state index in [1.807, 2.05) is 12.1 Å². The zero-order valence-electron chi connectivity index (χ0n) is 14.2. The molecule has 3 aromatic rings. The summed E-state index contributed by atoms with van der Waals surface area (Å²) in [5.74, 6) is 1.43. The van der Waals surface area contributed by atoms with Gasteiger partial charge in [-0.25, -0.2) is 0 Å². The monoisotopic (exact) mass is 342 g/mol. The number of rotatable bonds is 6. The van der Waals surface area contributed by atoms with E-state index in [1.54, 1.807) is 56.6 Å². The molecule has 0 saturated heterocycles. The van der Waals surface area contributed by atoms with Gasteiger partial charge in [0.1, 0.15) is 0 Å². The normalized spacial score (nSPS) is 10.7. The van der Waals surface area contributed by atoms with Gasteiger partial charge in [-0.15, -0.1) is 0 Å². The van der Waals surface area contributed by atoms with Crippen molar-refractivity contribution in [2.24, 2.45) is 0 Å². The molecule has 0 N–H and O–H groups in total. The number of hydrogen-bond donors (Lipinski definition) is 0. The molecule has 0 aliphatic rings. The summed E-state index contributed by atoms with van der Waals surface area (Å²) in [6.07, 6.45) is 1.63. The highest BCUT2D eigenvalue weighted by atomic mass is 16.6. The molecule has 0 spiro atoms.